The van der Waals surface area contributed by atoms with E-state index in [9.17, 15) is 9.90 Å². The summed E-state index contributed by atoms with van der Waals surface area (Å²) < 4.78 is 0. The second kappa shape index (κ2) is 9.75. The maximum Gasteiger partial charge on any atom is 0.137 e. The smallest absolute Gasteiger partial charge is 0.137 e. The van der Waals surface area contributed by atoms with Gasteiger partial charge in [-0.3, -0.25) is 0 Å². The number of hydrogen-bond acceptors (Lipinski definition) is 2. The molecule has 0 N–H and O–H groups in total. The molecule has 0 fully saturated rings. The van der Waals surface area contributed by atoms with Crippen LogP contribution >= 0.6 is 0 Å². The van der Waals surface area contributed by atoms with Crippen molar-refractivity contribution in [3.8, 4) is 0 Å². The largest absolute Gasteiger partial charge is 0.530 e. The van der Waals surface area contributed by atoms with Crippen molar-refractivity contribution >= 4 is 6.09 Å². The van der Waals surface area contributed by atoms with Gasteiger partial charge >= 0.3 is 0 Å². The van der Waals surface area contributed by atoms with Gasteiger partial charge < -0.3 is 14.8 Å². The third-order valence-corrected chi connectivity index (χ3v) is 3.18. The van der Waals surface area contributed by atoms with Gasteiger partial charge in [-0.2, -0.15) is 0 Å². The Morgan fingerprint density at radius 2 is 1.50 bits per heavy atom. The Hall–Kier alpha value is -1.25. The fraction of sp³-hybridized carbons (Fsp3) is 0.667. The van der Waals surface area contributed by atoms with E-state index in [0.717, 1.165) is 38.5 Å². The first-order chi connectivity index (χ1) is 8.62. The summed E-state index contributed by atoms with van der Waals surface area (Å²) in [7, 11) is 0. The fourth-order valence-corrected chi connectivity index (χ4v) is 2.08. The van der Waals surface area contributed by atoms with E-state index < -0.39 is 6.09 Å². The second-order valence-corrected chi connectivity index (χ2v) is 4.56. The number of unbranched alkanes of at least 4 members (excludes halogenated alkanes) is 2. The third kappa shape index (κ3) is 5.39. The Balaban J connectivity index is 4.81. The van der Waals surface area contributed by atoms with Crippen molar-refractivity contribution in [3.05, 3.63) is 25.3 Å². The van der Waals surface area contributed by atoms with E-state index in [1.54, 1.807) is 12.2 Å². The third-order valence-electron chi connectivity index (χ3n) is 3.18. The summed E-state index contributed by atoms with van der Waals surface area (Å²) in [5, 5.41) is 11.3. The van der Waals surface area contributed by atoms with Gasteiger partial charge in [0.05, 0.1) is 0 Å². The summed E-state index contributed by atoms with van der Waals surface area (Å²) in [6.07, 6.45) is 7.92. The first-order valence-corrected chi connectivity index (χ1v) is 6.86. The molecule has 2 unspecified atom stereocenters. The van der Waals surface area contributed by atoms with Gasteiger partial charge in [-0.1, -0.05) is 51.7 Å². The van der Waals surface area contributed by atoms with Gasteiger partial charge in [-0.25, -0.2) is 0 Å². The van der Waals surface area contributed by atoms with Crippen molar-refractivity contribution in [2.24, 2.45) is 0 Å². The summed E-state index contributed by atoms with van der Waals surface area (Å²) in [6, 6.07) is -0.343. The maximum atomic E-state index is 11.3. The van der Waals surface area contributed by atoms with E-state index in [2.05, 4.69) is 27.0 Å². The molecule has 0 aliphatic heterocycles. The lowest BCUT2D eigenvalue weighted by molar-refractivity contribution is -0.269. The molecule has 0 radical (unpaired) electrons. The lowest BCUT2D eigenvalue weighted by Gasteiger charge is -2.37. The minimum absolute atomic E-state index is 0.171. The highest BCUT2D eigenvalue weighted by atomic mass is 16.4. The zero-order valence-corrected chi connectivity index (χ0v) is 11.7. The van der Waals surface area contributed by atoms with Gasteiger partial charge in [-0.05, 0) is 12.8 Å². The van der Waals surface area contributed by atoms with E-state index in [0.29, 0.717) is 0 Å². The average molecular weight is 252 g/mol. The van der Waals surface area contributed by atoms with Crippen LogP contribution in [-0.2, 0) is 0 Å². The van der Waals surface area contributed by atoms with Gasteiger partial charge in [0.1, 0.15) is 6.09 Å². The predicted molar refractivity (Wildman–Crippen MR) is 74.3 cm³/mol. The van der Waals surface area contributed by atoms with Crippen molar-refractivity contribution in [1.82, 2.24) is 4.90 Å². The van der Waals surface area contributed by atoms with Crippen molar-refractivity contribution in [1.29, 1.82) is 0 Å². The highest BCUT2D eigenvalue weighted by Gasteiger charge is 2.21. The maximum absolute atomic E-state index is 11.3. The van der Waals surface area contributed by atoms with Gasteiger partial charge in [-0.15, -0.1) is 13.2 Å². The minimum atomic E-state index is -1.13. The molecule has 0 saturated heterocycles. The van der Waals surface area contributed by atoms with E-state index >= 15 is 0 Å². The van der Waals surface area contributed by atoms with Gasteiger partial charge in [0.2, 0.25) is 0 Å². The van der Waals surface area contributed by atoms with Crippen LogP contribution in [0.5, 0.6) is 0 Å². The Kier molecular flexibility index (Phi) is 9.07. The van der Waals surface area contributed by atoms with Crippen LogP contribution in [0.15, 0.2) is 25.3 Å². The Morgan fingerprint density at radius 1 is 1.11 bits per heavy atom. The van der Waals surface area contributed by atoms with Crippen LogP contribution in [0.3, 0.4) is 0 Å². The van der Waals surface area contributed by atoms with Crippen LogP contribution in [0.4, 0.5) is 4.79 Å². The minimum Gasteiger partial charge on any atom is -0.530 e. The number of amides is 1. The molecule has 0 aromatic rings. The topological polar surface area (TPSA) is 43.4 Å². The van der Waals surface area contributed by atoms with E-state index in [1.165, 1.54) is 4.90 Å². The van der Waals surface area contributed by atoms with Gasteiger partial charge in [0.25, 0.3) is 0 Å². The molecular weight excluding hydrogens is 226 g/mol. The molecule has 0 bridgehead atoms. The molecule has 0 heterocycles. The molecule has 2 atom stereocenters. The van der Waals surface area contributed by atoms with Crippen molar-refractivity contribution in [3.63, 3.8) is 0 Å². The summed E-state index contributed by atoms with van der Waals surface area (Å²) in [5.74, 6) is 0. The summed E-state index contributed by atoms with van der Waals surface area (Å²) in [4.78, 5) is 12.7. The average Bonchev–Trinajstić information content (AvgIpc) is 2.37. The Labute approximate surface area is 111 Å². The number of carbonyl (C=O) groups is 1. The standard InChI is InChI=1S/C15H27NO2/c1-5-9-11-13(7-3)16(15(17)18)14(8-4)12-10-6-2/h7-8,13-14H,3-6,9-12H2,1-2H3,(H,17,18)/p-1. The SMILES string of the molecule is C=CC(CCCC)N(C(=O)[O-])C(C=C)CCCC. The highest BCUT2D eigenvalue weighted by molar-refractivity contribution is 5.64. The first-order valence-electron chi connectivity index (χ1n) is 6.86. The number of hydrogen-bond donors (Lipinski definition) is 0. The molecule has 1 amide bonds. The number of carboxylic acid groups (broad SMARTS) is 1. The lowest BCUT2D eigenvalue weighted by Crippen LogP contribution is -2.51. The van der Waals surface area contributed by atoms with E-state index in [4.69, 9.17) is 0 Å². The van der Waals surface area contributed by atoms with Crippen LogP contribution in [0.2, 0.25) is 0 Å². The van der Waals surface area contributed by atoms with E-state index in [-0.39, 0.29) is 12.1 Å². The summed E-state index contributed by atoms with van der Waals surface area (Å²) >= 11 is 0. The van der Waals surface area contributed by atoms with Crippen LogP contribution in [0.25, 0.3) is 0 Å². The molecule has 0 spiro atoms. The van der Waals surface area contributed by atoms with Crippen molar-refractivity contribution < 1.29 is 9.90 Å². The normalized spacial score (nSPS) is 13.7. The molecule has 3 heteroatoms. The number of carbonyl (C=O) groups excluding carboxylic acids is 1. The molecule has 0 rings (SSSR count). The molecule has 0 aromatic carbocycles. The van der Waals surface area contributed by atoms with Crippen LogP contribution in [0.1, 0.15) is 52.4 Å². The highest BCUT2D eigenvalue weighted by Crippen LogP contribution is 2.18. The van der Waals surface area contributed by atoms with Gasteiger partial charge in [0, 0.05) is 12.1 Å². The van der Waals surface area contributed by atoms with Crippen molar-refractivity contribution in [2.75, 3.05) is 0 Å². The molecule has 18 heavy (non-hydrogen) atoms. The molecule has 0 aromatic heterocycles. The predicted octanol–water partition coefficient (Wildman–Crippen LogP) is 3.12. The molecule has 3 nitrogen and oxygen atoms in total. The van der Waals surface area contributed by atoms with Crippen molar-refractivity contribution in [2.45, 2.75) is 64.5 Å². The summed E-state index contributed by atoms with van der Waals surface area (Å²) in [6.45, 7) is 11.7. The molecule has 0 saturated carbocycles. The quantitative estimate of drug-likeness (QED) is 0.561. The lowest BCUT2D eigenvalue weighted by atomic mass is 10.0. The Bertz CT molecular complexity index is 243. The molecule has 0 aliphatic rings. The molecular formula is C15H26NO2-. The van der Waals surface area contributed by atoms with E-state index in [1.807, 2.05) is 0 Å². The zero-order valence-electron chi connectivity index (χ0n) is 11.7. The molecule has 0 aliphatic carbocycles. The first kappa shape index (κ1) is 16.8. The Morgan fingerprint density at radius 3 is 1.72 bits per heavy atom. The van der Waals surface area contributed by atoms with Gasteiger partial charge in [0.15, 0.2) is 0 Å². The van der Waals surface area contributed by atoms with Crippen LogP contribution in [0, 0.1) is 0 Å². The van der Waals surface area contributed by atoms with Crippen LogP contribution in [-0.4, -0.2) is 23.1 Å². The number of nitrogens with zero attached hydrogens (tertiary/aromatic N) is 1. The number of rotatable bonds is 10. The monoisotopic (exact) mass is 252 g/mol. The fourth-order valence-electron chi connectivity index (χ4n) is 2.08. The molecule has 104 valence electrons. The summed E-state index contributed by atoms with van der Waals surface area (Å²) in [5.41, 5.74) is 0. The zero-order chi connectivity index (χ0) is 14.0. The van der Waals surface area contributed by atoms with Crippen LogP contribution < -0.4 is 5.11 Å². The second-order valence-electron chi connectivity index (χ2n) is 4.56.